The van der Waals surface area contributed by atoms with Crippen LogP contribution in [0.2, 0.25) is 0 Å². The van der Waals surface area contributed by atoms with Crippen LogP contribution < -0.4 is 0 Å². The molecule has 0 aromatic rings. The van der Waals surface area contributed by atoms with E-state index in [-0.39, 0.29) is 5.97 Å². The predicted molar refractivity (Wildman–Crippen MR) is 48.5 cm³/mol. The predicted octanol–water partition coefficient (Wildman–Crippen LogP) is 1.44. The van der Waals surface area contributed by atoms with Gasteiger partial charge >= 0.3 is 9.28 Å². The van der Waals surface area contributed by atoms with E-state index in [0.717, 1.165) is 0 Å². The fourth-order valence-corrected chi connectivity index (χ4v) is 1.56. The minimum absolute atomic E-state index is 0.312. The van der Waals surface area contributed by atoms with E-state index < -0.39 is 9.28 Å². The molecule has 0 heterocycles. The molecule has 0 aromatic heterocycles. The van der Waals surface area contributed by atoms with Gasteiger partial charge in [-0.05, 0) is 11.6 Å². The summed E-state index contributed by atoms with van der Waals surface area (Å²) in [4.78, 5) is 10.5. The summed E-state index contributed by atoms with van der Waals surface area (Å²) < 4.78 is 10.2. The molecule has 0 atom stereocenters. The molecule has 69 valence electrons. The first-order valence-electron chi connectivity index (χ1n) is 3.87. The van der Waals surface area contributed by atoms with Crippen molar-refractivity contribution in [2.45, 2.75) is 20.8 Å². The van der Waals surface area contributed by atoms with E-state index in [4.69, 9.17) is 8.85 Å². The molecule has 0 saturated carbocycles. The maximum atomic E-state index is 10.5. The van der Waals surface area contributed by atoms with Crippen LogP contribution >= 0.6 is 0 Å². The van der Waals surface area contributed by atoms with Crippen molar-refractivity contribution in [2.24, 2.45) is 5.92 Å². The summed E-state index contributed by atoms with van der Waals surface area (Å²) in [6, 6.07) is 0. The summed E-state index contributed by atoms with van der Waals surface area (Å²) in [7, 11) is -1.56. The molecule has 0 fully saturated rings. The van der Waals surface area contributed by atoms with E-state index in [1.807, 2.05) is 13.8 Å². The Balaban J connectivity index is 3.67. The Morgan fingerprint density at radius 2 is 2.25 bits per heavy atom. The Morgan fingerprint density at radius 3 is 2.58 bits per heavy atom. The standard InChI is InChI=1S/C8H15O3Si/c1-5-12(11-8(4)9)10-6-7(2)3/h5,7H,1,6H2,2-4H3. The van der Waals surface area contributed by atoms with Crippen molar-refractivity contribution in [2.75, 3.05) is 6.61 Å². The van der Waals surface area contributed by atoms with Crippen LogP contribution in [0.15, 0.2) is 12.3 Å². The number of hydrogen-bond acceptors (Lipinski definition) is 3. The molecule has 0 bridgehead atoms. The van der Waals surface area contributed by atoms with Crippen LogP contribution in [-0.4, -0.2) is 21.9 Å². The van der Waals surface area contributed by atoms with E-state index in [0.29, 0.717) is 12.5 Å². The molecule has 0 aliphatic rings. The second-order valence-electron chi connectivity index (χ2n) is 2.82. The van der Waals surface area contributed by atoms with Gasteiger partial charge in [0.2, 0.25) is 0 Å². The van der Waals surface area contributed by atoms with Crippen LogP contribution in [0.5, 0.6) is 0 Å². The fraction of sp³-hybridized carbons (Fsp3) is 0.625. The van der Waals surface area contributed by atoms with Gasteiger partial charge in [-0.1, -0.05) is 13.8 Å². The zero-order chi connectivity index (χ0) is 9.56. The minimum atomic E-state index is -1.56. The Morgan fingerprint density at radius 1 is 1.67 bits per heavy atom. The lowest BCUT2D eigenvalue weighted by Crippen LogP contribution is -2.24. The van der Waals surface area contributed by atoms with Crippen LogP contribution in [0.3, 0.4) is 0 Å². The molecule has 0 N–H and O–H groups in total. The highest BCUT2D eigenvalue weighted by Crippen LogP contribution is 1.97. The topological polar surface area (TPSA) is 35.5 Å². The highest BCUT2D eigenvalue weighted by atomic mass is 28.3. The Bertz CT molecular complexity index is 156. The molecule has 0 aromatic carbocycles. The lowest BCUT2D eigenvalue weighted by atomic mass is 10.2. The maximum Gasteiger partial charge on any atom is 0.490 e. The van der Waals surface area contributed by atoms with Crippen LogP contribution in [0.4, 0.5) is 0 Å². The molecule has 0 spiro atoms. The van der Waals surface area contributed by atoms with Gasteiger partial charge in [-0.15, -0.1) is 6.58 Å². The molecule has 12 heavy (non-hydrogen) atoms. The third kappa shape index (κ3) is 6.12. The second kappa shape index (κ2) is 5.96. The summed E-state index contributed by atoms with van der Waals surface area (Å²) >= 11 is 0. The Hall–Kier alpha value is -0.613. The average Bonchev–Trinajstić information content (AvgIpc) is 1.97. The SMILES string of the molecule is C=C[Si](OCC(C)C)OC(C)=O. The number of rotatable bonds is 5. The van der Waals surface area contributed by atoms with E-state index >= 15 is 0 Å². The van der Waals surface area contributed by atoms with Crippen molar-refractivity contribution < 1.29 is 13.6 Å². The van der Waals surface area contributed by atoms with Gasteiger partial charge in [0.1, 0.15) is 0 Å². The van der Waals surface area contributed by atoms with Crippen LogP contribution in [-0.2, 0) is 13.6 Å². The van der Waals surface area contributed by atoms with Crippen molar-refractivity contribution >= 4 is 15.3 Å². The molecular weight excluding hydrogens is 172 g/mol. The normalized spacial score (nSPS) is 10.4. The highest BCUT2D eigenvalue weighted by molar-refractivity contribution is 6.52. The summed E-state index contributed by atoms with van der Waals surface area (Å²) in [5, 5.41) is 0. The first kappa shape index (κ1) is 11.4. The monoisotopic (exact) mass is 187 g/mol. The first-order chi connectivity index (χ1) is 5.56. The van der Waals surface area contributed by atoms with E-state index in [1.54, 1.807) is 5.70 Å². The third-order valence-electron chi connectivity index (χ3n) is 0.970. The first-order valence-corrected chi connectivity index (χ1v) is 5.26. The smallest absolute Gasteiger partial charge is 0.489 e. The number of carbonyl (C=O) groups is 1. The molecule has 1 radical (unpaired) electrons. The lowest BCUT2D eigenvalue weighted by molar-refractivity contribution is -0.133. The zero-order valence-corrected chi connectivity index (χ0v) is 8.79. The molecule has 0 unspecified atom stereocenters. The fourth-order valence-electron chi connectivity index (χ4n) is 0.521. The summed E-state index contributed by atoms with van der Waals surface area (Å²) in [5.41, 5.74) is 1.56. The molecule has 0 rings (SSSR count). The van der Waals surface area contributed by atoms with E-state index in [1.165, 1.54) is 6.92 Å². The van der Waals surface area contributed by atoms with Gasteiger partial charge in [0.25, 0.3) is 5.97 Å². The van der Waals surface area contributed by atoms with E-state index in [2.05, 4.69) is 6.58 Å². The summed E-state index contributed by atoms with van der Waals surface area (Å²) in [6.45, 7) is 9.58. The lowest BCUT2D eigenvalue weighted by Gasteiger charge is -2.11. The van der Waals surface area contributed by atoms with Crippen molar-refractivity contribution in [3.05, 3.63) is 12.3 Å². The van der Waals surface area contributed by atoms with Crippen molar-refractivity contribution in [1.29, 1.82) is 0 Å². The molecule has 0 aliphatic heterocycles. The van der Waals surface area contributed by atoms with Crippen LogP contribution in [0.1, 0.15) is 20.8 Å². The van der Waals surface area contributed by atoms with Gasteiger partial charge in [0.15, 0.2) is 0 Å². The number of carbonyl (C=O) groups excluding carboxylic acids is 1. The van der Waals surface area contributed by atoms with Gasteiger partial charge in [-0.25, -0.2) is 0 Å². The van der Waals surface area contributed by atoms with E-state index in [9.17, 15) is 4.79 Å². The molecule has 4 heteroatoms. The minimum Gasteiger partial charge on any atom is -0.489 e. The van der Waals surface area contributed by atoms with Gasteiger partial charge in [-0.2, -0.15) is 0 Å². The maximum absolute atomic E-state index is 10.5. The van der Waals surface area contributed by atoms with Gasteiger partial charge in [0, 0.05) is 13.5 Å². The molecule has 0 aliphatic carbocycles. The van der Waals surface area contributed by atoms with Gasteiger partial charge in [-0.3, -0.25) is 4.79 Å². The second-order valence-corrected chi connectivity index (χ2v) is 4.36. The quantitative estimate of drug-likeness (QED) is 0.611. The Kier molecular flexibility index (Phi) is 5.66. The highest BCUT2D eigenvalue weighted by Gasteiger charge is 2.14. The largest absolute Gasteiger partial charge is 0.490 e. The van der Waals surface area contributed by atoms with Crippen molar-refractivity contribution in [3.63, 3.8) is 0 Å². The summed E-state index contributed by atoms with van der Waals surface area (Å²) in [5.74, 6) is 0.132. The van der Waals surface area contributed by atoms with Gasteiger partial charge < -0.3 is 8.85 Å². The zero-order valence-electron chi connectivity index (χ0n) is 7.79. The molecule has 0 saturated heterocycles. The van der Waals surface area contributed by atoms with Crippen LogP contribution in [0.25, 0.3) is 0 Å². The van der Waals surface area contributed by atoms with Gasteiger partial charge in [0.05, 0.1) is 0 Å². The van der Waals surface area contributed by atoms with Crippen LogP contribution in [0, 0.1) is 5.92 Å². The van der Waals surface area contributed by atoms with Crippen molar-refractivity contribution in [3.8, 4) is 0 Å². The Labute approximate surface area is 75.2 Å². The molecular formula is C8H15O3Si. The van der Waals surface area contributed by atoms with Crippen molar-refractivity contribution in [1.82, 2.24) is 0 Å². The molecule has 3 nitrogen and oxygen atoms in total. The molecule has 0 amide bonds. The average molecular weight is 187 g/mol. The number of hydrogen-bond donors (Lipinski definition) is 0. The summed E-state index contributed by atoms with van der Waals surface area (Å²) in [6.07, 6.45) is 0. The third-order valence-corrected chi connectivity index (χ3v) is 2.24.